The van der Waals surface area contributed by atoms with Gasteiger partial charge in [-0.15, -0.1) is 0 Å². The fourth-order valence-corrected chi connectivity index (χ4v) is 7.44. The molecular formula is C50H91NO9. The number of ether oxygens (including phenoxy) is 2. The summed E-state index contributed by atoms with van der Waals surface area (Å²) in [6.45, 7) is 3.57. The maximum Gasteiger partial charge on any atom is 0.249 e. The van der Waals surface area contributed by atoms with Crippen LogP contribution in [0.3, 0.4) is 0 Å². The van der Waals surface area contributed by atoms with E-state index in [-0.39, 0.29) is 6.61 Å². The summed E-state index contributed by atoms with van der Waals surface area (Å²) in [6, 6.07) is -1.00. The molecule has 1 rings (SSSR count). The number of hydrogen-bond acceptors (Lipinski definition) is 9. The van der Waals surface area contributed by atoms with Gasteiger partial charge in [-0.25, -0.2) is 0 Å². The van der Waals surface area contributed by atoms with Crippen LogP contribution in [0.25, 0.3) is 0 Å². The number of carbonyl (C=O) groups excluding carboxylic acids is 1. The Hall–Kier alpha value is -1.89. The molecule has 1 aliphatic heterocycles. The molecule has 7 N–H and O–H groups in total. The Morgan fingerprint density at radius 1 is 0.583 bits per heavy atom. The van der Waals surface area contributed by atoms with Crippen molar-refractivity contribution in [3.05, 3.63) is 48.6 Å². The summed E-state index contributed by atoms with van der Waals surface area (Å²) in [5.74, 6) is -0.636. The summed E-state index contributed by atoms with van der Waals surface area (Å²) in [4.78, 5) is 13.0. The molecule has 0 spiro atoms. The van der Waals surface area contributed by atoms with Crippen molar-refractivity contribution in [1.82, 2.24) is 5.32 Å². The molecule has 0 aromatic carbocycles. The fourth-order valence-electron chi connectivity index (χ4n) is 7.44. The second-order valence-corrected chi connectivity index (χ2v) is 17.0. The summed E-state index contributed by atoms with van der Waals surface area (Å²) in [6.07, 6.45) is 40.6. The maximum atomic E-state index is 13.0. The molecule has 1 fully saturated rings. The van der Waals surface area contributed by atoms with Gasteiger partial charge in [0.05, 0.1) is 25.4 Å². The molecule has 1 heterocycles. The summed E-state index contributed by atoms with van der Waals surface area (Å²) >= 11 is 0. The smallest absolute Gasteiger partial charge is 0.249 e. The van der Waals surface area contributed by atoms with Gasteiger partial charge in [0.25, 0.3) is 0 Å². The van der Waals surface area contributed by atoms with E-state index in [0.29, 0.717) is 19.3 Å². The third-order valence-corrected chi connectivity index (χ3v) is 11.5. The fraction of sp³-hybridized carbons (Fsp3) is 0.820. The van der Waals surface area contributed by atoms with Gasteiger partial charge in [-0.05, 0) is 64.2 Å². The van der Waals surface area contributed by atoms with Crippen LogP contribution < -0.4 is 5.32 Å². The molecule has 1 saturated heterocycles. The molecule has 0 radical (unpaired) electrons. The van der Waals surface area contributed by atoms with Crippen LogP contribution in [0.5, 0.6) is 0 Å². The average molecular weight is 850 g/mol. The largest absolute Gasteiger partial charge is 0.394 e. The van der Waals surface area contributed by atoms with E-state index >= 15 is 0 Å². The molecule has 60 heavy (non-hydrogen) atoms. The first kappa shape index (κ1) is 56.1. The summed E-state index contributed by atoms with van der Waals surface area (Å²) < 4.78 is 11.1. The zero-order chi connectivity index (χ0) is 43.9. The molecule has 0 bridgehead atoms. The normalized spacial score (nSPS) is 21.5. The Kier molecular flexibility index (Phi) is 37.3. The Bertz CT molecular complexity index is 1100. The van der Waals surface area contributed by atoms with Crippen molar-refractivity contribution in [3.8, 4) is 0 Å². The molecule has 10 heteroatoms. The van der Waals surface area contributed by atoms with Crippen LogP contribution in [0.15, 0.2) is 48.6 Å². The van der Waals surface area contributed by atoms with Crippen molar-refractivity contribution in [2.45, 2.75) is 249 Å². The van der Waals surface area contributed by atoms with E-state index in [9.17, 15) is 35.4 Å². The van der Waals surface area contributed by atoms with Gasteiger partial charge in [-0.2, -0.15) is 0 Å². The predicted octanol–water partition coefficient (Wildman–Crippen LogP) is 9.59. The quantitative estimate of drug-likeness (QED) is 0.0235. The SMILES string of the molecule is CCCCCCCCC/C=C/CC/C=C/C(O)C(COC1OC(CO)C(O)C(O)C1O)NC(=O)C(O)CCCCCCCC/C=C\C/C=C\CCCCCCCCCCC. The summed E-state index contributed by atoms with van der Waals surface area (Å²) in [7, 11) is 0. The van der Waals surface area contributed by atoms with Gasteiger partial charge >= 0.3 is 0 Å². The molecule has 1 amide bonds. The number of unbranched alkanes of at least 4 members (excludes halogenated alkanes) is 23. The zero-order valence-electron chi connectivity index (χ0n) is 38.1. The molecule has 8 atom stereocenters. The van der Waals surface area contributed by atoms with Crippen LogP contribution in [0.4, 0.5) is 0 Å². The third kappa shape index (κ3) is 29.4. The van der Waals surface area contributed by atoms with Crippen LogP contribution in [0.2, 0.25) is 0 Å². The van der Waals surface area contributed by atoms with E-state index in [4.69, 9.17) is 9.47 Å². The van der Waals surface area contributed by atoms with Crippen molar-refractivity contribution < 1.29 is 44.9 Å². The highest BCUT2D eigenvalue weighted by Gasteiger charge is 2.44. The second kappa shape index (κ2) is 39.9. The predicted molar refractivity (Wildman–Crippen MR) is 245 cm³/mol. The topological polar surface area (TPSA) is 169 Å². The van der Waals surface area contributed by atoms with Gasteiger partial charge in [0.15, 0.2) is 6.29 Å². The molecule has 10 nitrogen and oxygen atoms in total. The Morgan fingerprint density at radius 2 is 1.03 bits per heavy atom. The van der Waals surface area contributed by atoms with Crippen LogP contribution in [-0.4, -0.2) is 98.7 Å². The minimum atomic E-state index is -1.62. The van der Waals surface area contributed by atoms with Gasteiger partial charge in [-0.1, -0.05) is 184 Å². The molecule has 0 aliphatic carbocycles. The van der Waals surface area contributed by atoms with Crippen LogP contribution in [-0.2, 0) is 14.3 Å². The highest BCUT2D eigenvalue weighted by Crippen LogP contribution is 2.22. The van der Waals surface area contributed by atoms with Crippen LogP contribution in [0.1, 0.15) is 200 Å². The third-order valence-electron chi connectivity index (χ3n) is 11.5. The molecule has 0 aromatic rings. The first-order valence-corrected chi connectivity index (χ1v) is 24.5. The number of carbonyl (C=O) groups is 1. The molecule has 8 unspecified atom stereocenters. The monoisotopic (exact) mass is 850 g/mol. The lowest BCUT2D eigenvalue weighted by Gasteiger charge is -2.40. The lowest BCUT2D eigenvalue weighted by molar-refractivity contribution is -0.302. The second-order valence-electron chi connectivity index (χ2n) is 17.0. The van der Waals surface area contributed by atoms with Gasteiger partial charge < -0.3 is 45.4 Å². The van der Waals surface area contributed by atoms with E-state index in [1.807, 2.05) is 6.08 Å². The van der Waals surface area contributed by atoms with E-state index in [1.165, 1.54) is 109 Å². The van der Waals surface area contributed by atoms with E-state index in [2.05, 4.69) is 55.6 Å². The number of aliphatic hydroxyl groups is 6. The number of hydrogen-bond donors (Lipinski definition) is 7. The standard InChI is InChI=1S/C50H91NO9/c1-3-5-7-9-11-13-15-17-18-19-20-21-22-23-24-25-27-29-31-33-35-37-39-44(54)49(58)51-42(41-59-50-48(57)47(56)46(55)45(40-52)60-50)43(53)38-36-34-32-30-28-26-16-14-12-10-8-6-4-2/h20-21,23-24,28,30,36,38,42-48,50,52-57H,3-19,22,25-27,29,31-35,37,39-41H2,1-2H3,(H,51,58)/b21-20-,24-23-,30-28+,38-36+. The molecule has 0 aromatic heterocycles. The van der Waals surface area contributed by atoms with Crippen molar-refractivity contribution in [3.63, 3.8) is 0 Å². The molecule has 350 valence electrons. The minimum absolute atomic E-state index is 0.290. The maximum absolute atomic E-state index is 13.0. The number of rotatable bonds is 40. The highest BCUT2D eigenvalue weighted by molar-refractivity contribution is 5.80. The number of nitrogens with one attached hydrogen (secondary N) is 1. The van der Waals surface area contributed by atoms with E-state index < -0.39 is 61.5 Å². The van der Waals surface area contributed by atoms with Gasteiger partial charge in [0.1, 0.15) is 30.5 Å². The molecule has 0 saturated carbocycles. The Labute approximate surface area is 366 Å². The van der Waals surface area contributed by atoms with Crippen molar-refractivity contribution in [1.29, 1.82) is 0 Å². The van der Waals surface area contributed by atoms with Gasteiger partial charge in [0.2, 0.25) is 5.91 Å². The van der Waals surface area contributed by atoms with Crippen LogP contribution in [0, 0.1) is 0 Å². The van der Waals surface area contributed by atoms with Gasteiger partial charge in [0, 0.05) is 0 Å². The van der Waals surface area contributed by atoms with Crippen LogP contribution >= 0.6 is 0 Å². The number of aliphatic hydroxyl groups excluding tert-OH is 6. The average Bonchev–Trinajstić information content (AvgIpc) is 3.25. The first-order chi connectivity index (χ1) is 29.3. The number of amides is 1. The minimum Gasteiger partial charge on any atom is -0.394 e. The molecular weight excluding hydrogens is 759 g/mol. The van der Waals surface area contributed by atoms with E-state index in [1.54, 1.807) is 6.08 Å². The Morgan fingerprint density at radius 3 is 1.55 bits per heavy atom. The highest BCUT2D eigenvalue weighted by atomic mass is 16.7. The Balaban J connectivity index is 2.37. The lowest BCUT2D eigenvalue weighted by atomic mass is 9.99. The van der Waals surface area contributed by atoms with Crippen molar-refractivity contribution >= 4 is 5.91 Å². The van der Waals surface area contributed by atoms with Gasteiger partial charge in [-0.3, -0.25) is 4.79 Å². The lowest BCUT2D eigenvalue weighted by Crippen LogP contribution is -2.60. The van der Waals surface area contributed by atoms with E-state index in [0.717, 1.165) is 57.8 Å². The van der Waals surface area contributed by atoms with Crippen molar-refractivity contribution in [2.75, 3.05) is 13.2 Å². The summed E-state index contributed by atoms with van der Waals surface area (Å²) in [5.41, 5.74) is 0. The summed E-state index contributed by atoms with van der Waals surface area (Å²) in [5, 5.41) is 64.6. The molecule has 1 aliphatic rings. The first-order valence-electron chi connectivity index (χ1n) is 24.5. The number of allylic oxidation sites excluding steroid dienone is 7. The zero-order valence-corrected chi connectivity index (χ0v) is 38.1. The van der Waals surface area contributed by atoms with Crippen molar-refractivity contribution in [2.24, 2.45) is 0 Å².